The van der Waals surface area contributed by atoms with Crippen molar-refractivity contribution in [2.24, 2.45) is 5.73 Å². The number of hydrogen-bond donors (Lipinski definition) is 3. The first-order chi connectivity index (χ1) is 8.50. The van der Waals surface area contributed by atoms with E-state index in [0.29, 0.717) is 25.1 Å². The lowest BCUT2D eigenvalue weighted by molar-refractivity contribution is -0.137. The second-order valence-corrected chi connectivity index (χ2v) is 4.18. The van der Waals surface area contributed by atoms with Gasteiger partial charge in [0.25, 0.3) is 0 Å². The number of primary amides is 1. The van der Waals surface area contributed by atoms with E-state index in [1.807, 2.05) is 13.0 Å². The molecule has 98 valence electrons. The van der Waals surface area contributed by atoms with Gasteiger partial charge in [0.05, 0.1) is 0 Å². The highest BCUT2D eigenvalue weighted by Crippen LogP contribution is 2.10. The summed E-state index contributed by atoms with van der Waals surface area (Å²) in [5.41, 5.74) is 7.77. The summed E-state index contributed by atoms with van der Waals surface area (Å²) in [6, 6.07) is 5.32. The van der Waals surface area contributed by atoms with Gasteiger partial charge in [0, 0.05) is 18.5 Å². The Balaban J connectivity index is 2.43. The zero-order valence-corrected chi connectivity index (χ0v) is 10.4. The van der Waals surface area contributed by atoms with Gasteiger partial charge in [-0.1, -0.05) is 6.07 Å². The van der Waals surface area contributed by atoms with Gasteiger partial charge in [-0.15, -0.1) is 0 Å². The fraction of sp³-hybridized carbons (Fsp3) is 0.385. The Labute approximate surface area is 106 Å². The average molecular weight is 250 g/mol. The van der Waals surface area contributed by atoms with Crippen LogP contribution in [0.15, 0.2) is 18.2 Å². The molecule has 0 fully saturated rings. The van der Waals surface area contributed by atoms with E-state index < -0.39 is 11.9 Å². The molecule has 5 nitrogen and oxygen atoms in total. The van der Waals surface area contributed by atoms with Crippen LogP contribution in [-0.4, -0.2) is 23.5 Å². The number of rotatable bonds is 7. The topological polar surface area (TPSA) is 92.4 Å². The fourth-order valence-corrected chi connectivity index (χ4v) is 1.64. The maximum atomic E-state index is 11.0. The minimum Gasteiger partial charge on any atom is -0.481 e. The molecule has 0 saturated carbocycles. The zero-order valence-electron chi connectivity index (χ0n) is 10.4. The van der Waals surface area contributed by atoms with E-state index in [1.165, 1.54) is 0 Å². The molecule has 0 bridgehead atoms. The fourth-order valence-electron chi connectivity index (χ4n) is 1.64. The van der Waals surface area contributed by atoms with E-state index in [-0.39, 0.29) is 6.42 Å². The number of nitrogens with two attached hydrogens (primary N) is 1. The van der Waals surface area contributed by atoms with Crippen LogP contribution in [0.5, 0.6) is 0 Å². The molecule has 0 saturated heterocycles. The minimum absolute atomic E-state index is 0.173. The van der Waals surface area contributed by atoms with Gasteiger partial charge in [-0.25, -0.2) is 0 Å². The quantitative estimate of drug-likeness (QED) is 0.631. The monoisotopic (exact) mass is 250 g/mol. The molecule has 0 aliphatic carbocycles. The molecule has 18 heavy (non-hydrogen) atoms. The van der Waals surface area contributed by atoms with Crippen LogP contribution in [0.2, 0.25) is 0 Å². The zero-order chi connectivity index (χ0) is 13.5. The Bertz CT molecular complexity index is 444. The van der Waals surface area contributed by atoms with Gasteiger partial charge in [0.2, 0.25) is 5.91 Å². The van der Waals surface area contributed by atoms with Crippen LogP contribution < -0.4 is 11.1 Å². The number of benzene rings is 1. The molecule has 0 atom stereocenters. The van der Waals surface area contributed by atoms with E-state index in [9.17, 15) is 9.59 Å². The van der Waals surface area contributed by atoms with Crippen LogP contribution in [0, 0.1) is 6.92 Å². The Morgan fingerprint density at radius 3 is 2.67 bits per heavy atom. The van der Waals surface area contributed by atoms with E-state index in [1.54, 1.807) is 12.1 Å². The molecular formula is C13H18N2O3. The summed E-state index contributed by atoms with van der Waals surface area (Å²) in [4.78, 5) is 21.3. The SMILES string of the molecule is Cc1cc(C(N)=O)ccc1CNCCCC(=O)O. The van der Waals surface area contributed by atoms with Crippen LogP contribution in [0.4, 0.5) is 0 Å². The summed E-state index contributed by atoms with van der Waals surface area (Å²) in [6.07, 6.45) is 0.778. The van der Waals surface area contributed by atoms with Crippen LogP contribution in [-0.2, 0) is 11.3 Å². The van der Waals surface area contributed by atoms with Crippen molar-refractivity contribution in [2.75, 3.05) is 6.54 Å². The van der Waals surface area contributed by atoms with Crippen molar-refractivity contribution in [1.82, 2.24) is 5.32 Å². The Morgan fingerprint density at radius 1 is 1.39 bits per heavy atom. The van der Waals surface area contributed by atoms with Crippen molar-refractivity contribution in [2.45, 2.75) is 26.3 Å². The predicted molar refractivity (Wildman–Crippen MR) is 68.3 cm³/mol. The molecule has 0 aromatic heterocycles. The summed E-state index contributed by atoms with van der Waals surface area (Å²) in [5, 5.41) is 11.7. The molecule has 4 N–H and O–H groups in total. The molecule has 1 amide bonds. The van der Waals surface area contributed by atoms with Crippen molar-refractivity contribution in [3.63, 3.8) is 0 Å². The maximum absolute atomic E-state index is 11.0. The first kappa shape index (κ1) is 14.2. The smallest absolute Gasteiger partial charge is 0.303 e. The highest BCUT2D eigenvalue weighted by Gasteiger charge is 2.04. The molecule has 0 aliphatic heterocycles. The molecule has 1 aromatic carbocycles. The van der Waals surface area contributed by atoms with Crippen LogP contribution in [0.3, 0.4) is 0 Å². The van der Waals surface area contributed by atoms with Gasteiger partial charge in [0.15, 0.2) is 0 Å². The minimum atomic E-state index is -0.779. The largest absolute Gasteiger partial charge is 0.481 e. The molecule has 1 aromatic rings. The predicted octanol–water partition coefficient (Wildman–Crippen LogP) is 1.05. The third-order valence-corrected chi connectivity index (χ3v) is 2.69. The molecular weight excluding hydrogens is 232 g/mol. The molecule has 0 heterocycles. The average Bonchev–Trinajstić information content (AvgIpc) is 2.29. The van der Waals surface area contributed by atoms with Crippen LogP contribution in [0.1, 0.15) is 34.3 Å². The van der Waals surface area contributed by atoms with Gasteiger partial charge in [-0.3, -0.25) is 9.59 Å². The van der Waals surface area contributed by atoms with Crippen molar-refractivity contribution < 1.29 is 14.7 Å². The van der Waals surface area contributed by atoms with E-state index >= 15 is 0 Å². The molecule has 0 aliphatic rings. The number of nitrogens with one attached hydrogen (secondary N) is 1. The molecule has 0 radical (unpaired) electrons. The van der Waals surface area contributed by atoms with Gasteiger partial charge < -0.3 is 16.2 Å². The normalized spacial score (nSPS) is 10.3. The number of carboxylic acids is 1. The summed E-state index contributed by atoms with van der Waals surface area (Å²) in [6.45, 7) is 3.23. The number of carbonyl (C=O) groups is 2. The van der Waals surface area contributed by atoms with Crippen LogP contribution in [0.25, 0.3) is 0 Å². The summed E-state index contributed by atoms with van der Waals surface area (Å²) < 4.78 is 0. The molecule has 0 unspecified atom stereocenters. The summed E-state index contributed by atoms with van der Waals surface area (Å²) in [7, 11) is 0. The van der Waals surface area contributed by atoms with Gasteiger partial charge in [-0.2, -0.15) is 0 Å². The van der Waals surface area contributed by atoms with Gasteiger partial charge in [0.1, 0.15) is 0 Å². The standard InChI is InChI=1S/C13H18N2O3/c1-9-7-10(13(14)18)4-5-11(9)8-15-6-2-3-12(16)17/h4-5,7,15H,2-3,6,8H2,1H3,(H2,14,18)(H,16,17). The second-order valence-electron chi connectivity index (χ2n) is 4.18. The van der Waals surface area contributed by atoms with E-state index in [2.05, 4.69) is 5.32 Å². The molecule has 0 spiro atoms. The van der Waals surface area contributed by atoms with Crippen molar-refractivity contribution in [3.05, 3.63) is 34.9 Å². The molecule has 1 rings (SSSR count). The van der Waals surface area contributed by atoms with Crippen molar-refractivity contribution in [1.29, 1.82) is 0 Å². The maximum Gasteiger partial charge on any atom is 0.303 e. The number of carboxylic acid groups (broad SMARTS) is 1. The highest BCUT2D eigenvalue weighted by atomic mass is 16.4. The third kappa shape index (κ3) is 4.55. The number of aliphatic carboxylic acids is 1. The third-order valence-electron chi connectivity index (χ3n) is 2.69. The number of amides is 1. The van der Waals surface area contributed by atoms with Crippen molar-refractivity contribution in [3.8, 4) is 0 Å². The van der Waals surface area contributed by atoms with Gasteiger partial charge >= 0.3 is 5.97 Å². The van der Waals surface area contributed by atoms with E-state index in [4.69, 9.17) is 10.8 Å². The molecule has 5 heteroatoms. The lowest BCUT2D eigenvalue weighted by atomic mass is 10.0. The highest BCUT2D eigenvalue weighted by molar-refractivity contribution is 5.93. The Morgan fingerprint density at radius 2 is 2.11 bits per heavy atom. The number of aryl methyl sites for hydroxylation is 1. The second kappa shape index (κ2) is 6.76. The number of hydrogen-bond acceptors (Lipinski definition) is 3. The lowest BCUT2D eigenvalue weighted by Gasteiger charge is -2.08. The van der Waals surface area contributed by atoms with Gasteiger partial charge in [-0.05, 0) is 43.1 Å². The summed E-state index contributed by atoms with van der Waals surface area (Å²) >= 11 is 0. The lowest BCUT2D eigenvalue weighted by Crippen LogP contribution is -2.17. The number of carbonyl (C=O) groups excluding carboxylic acids is 1. The Hall–Kier alpha value is -1.88. The van der Waals surface area contributed by atoms with Crippen LogP contribution >= 0.6 is 0 Å². The summed E-state index contributed by atoms with van der Waals surface area (Å²) in [5.74, 6) is -1.21. The Kier molecular flexibility index (Phi) is 5.32. The first-order valence-corrected chi connectivity index (χ1v) is 5.82. The van der Waals surface area contributed by atoms with E-state index in [0.717, 1.165) is 11.1 Å². The first-order valence-electron chi connectivity index (χ1n) is 5.82. The van der Waals surface area contributed by atoms with Crippen molar-refractivity contribution >= 4 is 11.9 Å².